The minimum atomic E-state index is -0.427. The molecule has 0 aromatic heterocycles. The Morgan fingerprint density at radius 2 is 2.00 bits per heavy atom. The van der Waals surface area contributed by atoms with Crippen molar-refractivity contribution in [1.82, 2.24) is 0 Å². The van der Waals surface area contributed by atoms with Gasteiger partial charge in [0.1, 0.15) is 6.10 Å². The van der Waals surface area contributed by atoms with Crippen LogP contribution in [0.4, 0.5) is 0 Å². The van der Waals surface area contributed by atoms with Crippen LogP contribution >= 0.6 is 0 Å². The zero-order valence-electron chi connectivity index (χ0n) is 12.8. The van der Waals surface area contributed by atoms with Crippen LogP contribution < -0.4 is 9.47 Å². The van der Waals surface area contributed by atoms with Crippen molar-refractivity contribution >= 4 is 5.97 Å². The van der Waals surface area contributed by atoms with E-state index in [1.807, 2.05) is 19.1 Å². The summed E-state index contributed by atoms with van der Waals surface area (Å²) in [6.45, 7) is 4.43. The lowest BCUT2D eigenvalue weighted by atomic mass is 9.99. The van der Waals surface area contributed by atoms with E-state index in [4.69, 9.17) is 18.9 Å². The summed E-state index contributed by atoms with van der Waals surface area (Å²) in [5.74, 6) is 0.913. The fourth-order valence-corrected chi connectivity index (χ4v) is 2.36. The lowest BCUT2D eigenvalue weighted by molar-refractivity contribution is -0.139. The molecule has 1 atom stereocenters. The maximum atomic E-state index is 12.1. The van der Waals surface area contributed by atoms with Gasteiger partial charge in [0.2, 0.25) is 0 Å². The van der Waals surface area contributed by atoms with Crippen LogP contribution in [-0.4, -0.2) is 33.4 Å². The number of esters is 1. The number of hydrogen-bond acceptors (Lipinski definition) is 5. The van der Waals surface area contributed by atoms with Crippen molar-refractivity contribution in [3.8, 4) is 11.5 Å². The van der Waals surface area contributed by atoms with E-state index < -0.39 is 6.10 Å². The lowest BCUT2D eigenvalue weighted by Gasteiger charge is -2.16. The fraction of sp³-hybridized carbons (Fsp3) is 0.438. The first-order chi connectivity index (χ1) is 10.1. The zero-order valence-corrected chi connectivity index (χ0v) is 12.8. The molecule has 0 saturated heterocycles. The zero-order chi connectivity index (χ0) is 15.4. The van der Waals surface area contributed by atoms with E-state index in [2.05, 4.69) is 0 Å². The van der Waals surface area contributed by atoms with E-state index in [1.54, 1.807) is 27.2 Å². The number of methoxy groups -OCH3 is 2. The molecule has 0 fully saturated rings. The van der Waals surface area contributed by atoms with Gasteiger partial charge in [0.25, 0.3) is 0 Å². The number of hydrogen-bond donors (Lipinski definition) is 0. The van der Waals surface area contributed by atoms with E-state index in [0.717, 1.165) is 11.1 Å². The molecular formula is C16H20O5. The van der Waals surface area contributed by atoms with Gasteiger partial charge in [-0.15, -0.1) is 0 Å². The molecule has 0 spiro atoms. The smallest absolute Gasteiger partial charge is 0.337 e. The monoisotopic (exact) mass is 292 g/mol. The third-order valence-corrected chi connectivity index (χ3v) is 3.39. The van der Waals surface area contributed by atoms with Crippen LogP contribution in [0, 0.1) is 0 Å². The first-order valence-electron chi connectivity index (χ1n) is 6.82. The van der Waals surface area contributed by atoms with Gasteiger partial charge in [0.05, 0.1) is 33.0 Å². The molecule has 0 bridgehead atoms. The normalized spacial score (nSPS) is 17.8. The van der Waals surface area contributed by atoms with Gasteiger partial charge in [0, 0.05) is 0 Å². The molecule has 21 heavy (non-hydrogen) atoms. The number of benzene rings is 1. The summed E-state index contributed by atoms with van der Waals surface area (Å²) in [6.07, 6.45) is -0.427. The standard InChI is InChI=1S/C16H20O5/c1-5-20-16(17)14-10(2)9-21-15(14)11-6-7-12(18-3)13(8-11)19-4/h6-8,15H,5,9H2,1-4H3. The average molecular weight is 292 g/mol. The Morgan fingerprint density at radius 3 is 2.62 bits per heavy atom. The maximum Gasteiger partial charge on any atom is 0.337 e. The molecule has 5 heteroatoms. The largest absolute Gasteiger partial charge is 0.493 e. The molecule has 1 unspecified atom stereocenters. The van der Waals surface area contributed by atoms with Crippen molar-refractivity contribution in [1.29, 1.82) is 0 Å². The molecule has 1 aromatic carbocycles. The van der Waals surface area contributed by atoms with Gasteiger partial charge < -0.3 is 18.9 Å². The molecular weight excluding hydrogens is 272 g/mol. The van der Waals surface area contributed by atoms with E-state index in [-0.39, 0.29) is 5.97 Å². The van der Waals surface area contributed by atoms with Crippen molar-refractivity contribution in [3.05, 3.63) is 34.9 Å². The molecule has 1 aliphatic rings. The van der Waals surface area contributed by atoms with Crippen LogP contribution in [0.15, 0.2) is 29.3 Å². The summed E-state index contributed by atoms with van der Waals surface area (Å²) < 4.78 is 21.4. The second-order valence-corrected chi connectivity index (χ2v) is 4.72. The molecule has 5 nitrogen and oxygen atoms in total. The van der Waals surface area contributed by atoms with Gasteiger partial charge in [-0.1, -0.05) is 6.07 Å². The predicted molar refractivity (Wildman–Crippen MR) is 77.6 cm³/mol. The van der Waals surface area contributed by atoms with E-state index in [9.17, 15) is 4.79 Å². The number of ether oxygens (including phenoxy) is 4. The summed E-state index contributed by atoms with van der Waals surface area (Å²) in [5, 5.41) is 0. The molecule has 2 rings (SSSR count). The highest BCUT2D eigenvalue weighted by atomic mass is 16.5. The quantitative estimate of drug-likeness (QED) is 0.781. The highest BCUT2D eigenvalue weighted by Crippen LogP contribution is 2.38. The molecule has 1 aromatic rings. The second-order valence-electron chi connectivity index (χ2n) is 4.72. The number of carbonyl (C=O) groups is 1. The molecule has 0 N–H and O–H groups in total. The third-order valence-electron chi connectivity index (χ3n) is 3.39. The number of rotatable bonds is 5. The summed E-state index contributed by atoms with van der Waals surface area (Å²) in [6, 6.07) is 5.49. The van der Waals surface area contributed by atoms with Crippen LogP contribution in [0.2, 0.25) is 0 Å². The molecule has 0 saturated carbocycles. The number of carbonyl (C=O) groups excluding carboxylic acids is 1. The molecule has 114 valence electrons. The minimum absolute atomic E-state index is 0.327. The van der Waals surface area contributed by atoms with E-state index >= 15 is 0 Å². The Hall–Kier alpha value is -2.01. The Balaban J connectivity index is 2.35. The van der Waals surface area contributed by atoms with Crippen LogP contribution in [0.5, 0.6) is 11.5 Å². The van der Waals surface area contributed by atoms with Crippen molar-refractivity contribution in [2.75, 3.05) is 27.4 Å². The summed E-state index contributed by atoms with van der Waals surface area (Å²) >= 11 is 0. The first-order valence-corrected chi connectivity index (χ1v) is 6.82. The third kappa shape index (κ3) is 3.03. The van der Waals surface area contributed by atoms with Gasteiger partial charge in [-0.05, 0) is 37.1 Å². The van der Waals surface area contributed by atoms with E-state index in [1.165, 1.54) is 0 Å². The molecule has 1 heterocycles. The fourth-order valence-electron chi connectivity index (χ4n) is 2.36. The Morgan fingerprint density at radius 1 is 1.29 bits per heavy atom. The summed E-state index contributed by atoms with van der Waals surface area (Å²) in [5.41, 5.74) is 2.31. The highest BCUT2D eigenvalue weighted by Gasteiger charge is 2.32. The van der Waals surface area contributed by atoms with Gasteiger partial charge in [-0.25, -0.2) is 4.79 Å². The average Bonchev–Trinajstić information content (AvgIpc) is 2.88. The first kappa shape index (κ1) is 15.4. The van der Waals surface area contributed by atoms with Crippen LogP contribution in [0.3, 0.4) is 0 Å². The minimum Gasteiger partial charge on any atom is -0.493 e. The topological polar surface area (TPSA) is 54.0 Å². The highest BCUT2D eigenvalue weighted by molar-refractivity contribution is 5.91. The van der Waals surface area contributed by atoms with Gasteiger partial charge in [-0.3, -0.25) is 0 Å². The molecule has 0 aliphatic carbocycles. The van der Waals surface area contributed by atoms with Gasteiger partial charge in [-0.2, -0.15) is 0 Å². The second kappa shape index (κ2) is 6.63. The van der Waals surface area contributed by atoms with Gasteiger partial charge in [0.15, 0.2) is 11.5 Å². The predicted octanol–water partition coefficient (Wildman–Crippen LogP) is 2.65. The Labute approximate surface area is 124 Å². The molecule has 1 aliphatic heterocycles. The van der Waals surface area contributed by atoms with E-state index in [0.29, 0.717) is 30.3 Å². The van der Waals surface area contributed by atoms with Crippen molar-refractivity contribution in [2.45, 2.75) is 20.0 Å². The van der Waals surface area contributed by atoms with Crippen LogP contribution in [-0.2, 0) is 14.3 Å². The lowest BCUT2D eigenvalue weighted by Crippen LogP contribution is -2.13. The summed E-state index contributed by atoms with van der Waals surface area (Å²) in [4.78, 5) is 12.1. The molecule has 0 radical (unpaired) electrons. The van der Waals surface area contributed by atoms with Crippen LogP contribution in [0.1, 0.15) is 25.5 Å². The van der Waals surface area contributed by atoms with Crippen molar-refractivity contribution in [3.63, 3.8) is 0 Å². The SMILES string of the molecule is CCOC(=O)C1=C(C)COC1c1ccc(OC)c(OC)c1. The van der Waals surface area contributed by atoms with Gasteiger partial charge >= 0.3 is 5.97 Å². The van der Waals surface area contributed by atoms with Crippen LogP contribution in [0.25, 0.3) is 0 Å². The maximum absolute atomic E-state index is 12.1. The van der Waals surface area contributed by atoms with Crippen molar-refractivity contribution in [2.24, 2.45) is 0 Å². The Kier molecular flexibility index (Phi) is 4.85. The Bertz CT molecular complexity index is 562. The van der Waals surface area contributed by atoms with Crippen molar-refractivity contribution < 1.29 is 23.7 Å². The molecule has 0 amide bonds. The summed E-state index contributed by atoms with van der Waals surface area (Å²) in [7, 11) is 3.15.